The Morgan fingerprint density at radius 2 is 1.69 bits per heavy atom. The Labute approximate surface area is 185 Å². The third kappa shape index (κ3) is 5.45. The lowest BCUT2D eigenvalue weighted by Gasteiger charge is -2.02. The quantitative estimate of drug-likeness (QED) is 0.439. The van der Waals surface area contributed by atoms with Gasteiger partial charge in [-0.25, -0.2) is 12.8 Å². The van der Waals surface area contributed by atoms with Crippen molar-refractivity contribution in [1.82, 2.24) is 20.2 Å². The maximum absolute atomic E-state index is 13.0. The number of aromatic nitrogens is 4. The second-order valence-corrected chi connectivity index (χ2v) is 9.26. The number of hydrogen-bond donors (Lipinski definition) is 0. The van der Waals surface area contributed by atoms with Gasteiger partial charge in [0.25, 0.3) is 0 Å². The van der Waals surface area contributed by atoms with Crippen molar-refractivity contribution in [2.45, 2.75) is 17.9 Å². The molecule has 0 unspecified atom stereocenters. The van der Waals surface area contributed by atoms with Crippen LogP contribution in [0.3, 0.4) is 0 Å². The van der Waals surface area contributed by atoms with Crippen molar-refractivity contribution >= 4 is 9.84 Å². The van der Waals surface area contributed by atoms with Crippen molar-refractivity contribution in [3.8, 4) is 23.2 Å². The highest BCUT2D eigenvalue weighted by atomic mass is 32.2. The molecule has 0 bridgehead atoms. The van der Waals surface area contributed by atoms with E-state index >= 15 is 0 Å². The van der Waals surface area contributed by atoms with Crippen LogP contribution < -0.4 is 0 Å². The normalized spacial score (nSPS) is 11.1. The molecule has 1 aromatic heterocycles. The summed E-state index contributed by atoms with van der Waals surface area (Å²) in [6, 6.07) is 20.4. The van der Waals surface area contributed by atoms with Crippen molar-refractivity contribution < 1.29 is 12.8 Å². The van der Waals surface area contributed by atoms with E-state index in [2.05, 4.69) is 27.3 Å². The Kier molecular flexibility index (Phi) is 6.10. The minimum Gasteiger partial charge on any atom is -0.224 e. The zero-order chi connectivity index (χ0) is 22.6. The summed E-state index contributed by atoms with van der Waals surface area (Å²) in [6.07, 6.45) is 1.70. The molecule has 0 aliphatic rings. The lowest BCUT2D eigenvalue weighted by atomic mass is 10.1. The topological polar surface area (TPSA) is 77.7 Å². The van der Waals surface area contributed by atoms with Gasteiger partial charge >= 0.3 is 0 Å². The Morgan fingerprint density at radius 1 is 0.969 bits per heavy atom. The predicted molar refractivity (Wildman–Crippen MR) is 119 cm³/mol. The molecule has 0 saturated carbocycles. The van der Waals surface area contributed by atoms with Crippen LogP contribution in [0.1, 0.15) is 16.7 Å². The van der Waals surface area contributed by atoms with Gasteiger partial charge in [0.05, 0.1) is 11.4 Å². The smallest absolute Gasteiger partial charge is 0.204 e. The van der Waals surface area contributed by atoms with Gasteiger partial charge in [-0.15, -0.1) is 10.2 Å². The second kappa shape index (κ2) is 9.12. The standard InChI is InChI=1S/C24H19FN4O2S/c1-32(30,31)23-14-10-20(11-15-23)17-29-27-24(26-28-29)21-7-3-6-19(16-21)5-2-4-18-8-12-22(25)13-9-18/h3,6-16H,4,17H2,1H3. The van der Waals surface area contributed by atoms with E-state index in [-0.39, 0.29) is 10.7 Å². The SMILES string of the molecule is CS(=O)(=O)c1ccc(Cn2nnc(-c3cccc(C#CCc4ccc(F)cc4)c3)n2)cc1. The highest BCUT2D eigenvalue weighted by Crippen LogP contribution is 2.16. The van der Waals surface area contributed by atoms with E-state index < -0.39 is 9.84 Å². The summed E-state index contributed by atoms with van der Waals surface area (Å²) in [6.45, 7) is 0.369. The molecule has 6 nitrogen and oxygen atoms in total. The lowest BCUT2D eigenvalue weighted by molar-refractivity contribution is 0.572. The number of halogens is 1. The fourth-order valence-corrected chi connectivity index (χ4v) is 3.65. The number of nitrogens with zero attached hydrogens (tertiary/aromatic N) is 4. The fraction of sp³-hybridized carbons (Fsp3) is 0.125. The van der Waals surface area contributed by atoms with Crippen LogP contribution in [-0.4, -0.2) is 34.9 Å². The largest absolute Gasteiger partial charge is 0.224 e. The monoisotopic (exact) mass is 446 g/mol. The third-order valence-electron chi connectivity index (χ3n) is 4.69. The van der Waals surface area contributed by atoms with Crippen molar-refractivity contribution in [3.63, 3.8) is 0 Å². The van der Waals surface area contributed by atoms with Crippen LogP contribution in [0.5, 0.6) is 0 Å². The van der Waals surface area contributed by atoms with Crippen LogP contribution in [0.25, 0.3) is 11.4 Å². The van der Waals surface area contributed by atoms with Gasteiger partial charge in [0.2, 0.25) is 5.82 Å². The van der Waals surface area contributed by atoms with E-state index in [0.29, 0.717) is 18.8 Å². The van der Waals surface area contributed by atoms with Crippen molar-refractivity contribution in [3.05, 3.63) is 95.3 Å². The molecule has 32 heavy (non-hydrogen) atoms. The Morgan fingerprint density at radius 3 is 2.41 bits per heavy atom. The molecule has 0 aliphatic carbocycles. The molecule has 0 atom stereocenters. The number of benzene rings is 3. The van der Waals surface area contributed by atoms with Gasteiger partial charge in [0.1, 0.15) is 5.82 Å². The van der Waals surface area contributed by atoms with Gasteiger partial charge in [0, 0.05) is 23.8 Å². The summed E-state index contributed by atoms with van der Waals surface area (Å²) in [7, 11) is -3.23. The molecular weight excluding hydrogens is 427 g/mol. The fourth-order valence-electron chi connectivity index (χ4n) is 3.02. The third-order valence-corrected chi connectivity index (χ3v) is 5.82. The van der Waals surface area contributed by atoms with Crippen LogP contribution in [0, 0.1) is 17.7 Å². The zero-order valence-electron chi connectivity index (χ0n) is 17.2. The molecule has 160 valence electrons. The summed E-state index contributed by atoms with van der Waals surface area (Å²) >= 11 is 0. The van der Waals surface area contributed by atoms with Gasteiger partial charge in [-0.1, -0.05) is 48.2 Å². The van der Waals surface area contributed by atoms with E-state index in [0.717, 1.165) is 22.3 Å². The maximum Gasteiger partial charge on any atom is 0.204 e. The van der Waals surface area contributed by atoms with E-state index in [9.17, 15) is 12.8 Å². The van der Waals surface area contributed by atoms with Gasteiger partial charge in [-0.05, 0) is 52.7 Å². The first-order valence-electron chi connectivity index (χ1n) is 9.77. The molecule has 0 radical (unpaired) electrons. The van der Waals surface area contributed by atoms with Crippen LogP contribution in [0.4, 0.5) is 4.39 Å². The van der Waals surface area contributed by atoms with Gasteiger partial charge in [-0.3, -0.25) is 0 Å². The molecule has 3 aromatic carbocycles. The summed E-state index contributed by atoms with van der Waals surface area (Å²) < 4.78 is 36.1. The molecule has 0 fully saturated rings. The minimum absolute atomic E-state index is 0.263. The van der Waals surface area contributed by atoms with E-state index in [1.54, 1.807) is 36.4 Å². The van der Waals surface area contributed by atoms with Gasteiger partial charge < -0.3 is 0 Å². The van der Waals surface area contributed by atoms with Crippen LogP contribution in [0.2, 0.25) is 0 Å². The first kappa shape index (κ1) is 21.4. The lowest BCUT2D eigenvalue weighted by Crippen LogP contribution is -2.04. The molecule has 4 rings (SSSR count). The van der Waals surface area contributed by atoms with Crippen molar-refractivity contribution in [1.29, 1.82) is 0 Å². The molecular formula is C24H19FN4O2S. The molecule has 0 spiro atoms. The Hall–Kier alpha value is -3.83. The molecule has 8 heteroatoms. The molecule has 0 aliphatic heterocycles. The number of hydrogen-bond acceptors (Lipinski definition) is 5. The zero-order valence-corrected chi connectivity index (χ0v) is 18.1. The number of sulfone groups is 1. The van der Waals surface area contributed by atoms with Crippen molar-refractivity contribution in [2.75, 3.05) is 6.26 Å². The highest BCUT2D eigenvalue weighted by molar-refractivity contribution is 7.90. The minimum atomic E-state index is -3.23. The highest BCUT2D eigenvalue weighted by Gasteiger charge is 2.09. The van der Waals surface area contributed by atoms with E-state index in [1.165, 1.54) is 23.2 Å². The summed E-state index contributed by atoms with van der Waals surface area (Å²) in [5, 5.41) is 12.6. The van der Waals surface area contributed by atoms with Gasteiger partial charge in [-0.2, -0.15) is 4.80 Å². The molecule has 4 aromatic rings. The number of rotatable bonds is 5. The first-order valence-corrected chi connectivity index (χ1v) is 11.7. The van der Waals surface area contributed by atoms with Crippen LogP contribution in [0.15, 0.2) is 77.7 Å². The summed E-state index contributed by atoms with van der Waals surface area (Å²) in [5.74, 6) is 6.41. The average molecular weight is 447 g/mol. The molecule has 1 heterocycles. The van der Waals surface area contributed by atoms with Crippen LogP contribution >= 0.6 is 0 Å². The van der Waals surface area contributed by atoms with Gasteiger partial charge in [0.15, 0.2) is 9.84 Å². The maximum atomic E-state index is 13.0. The summed E-state index contributed by atoms with van der Waals surface area (Å²) in [4.78, 5) is 1.73. The Bertz CT molecular complexity index is 1400. The second-order valence-electron chi connectivity index (χ2n) is 7.25. The Balaban J connectivity index is 1.45. The molecule has 0 amide bonds. The first-order chi connectivity index (χ1) is 15.4. The van der Waals surface area contributed by atoms with E-state index in [4.69, 9.17) is 0 Å². The molecule has 0 saturated heterocycles. The molecule has 0 N–H and O–H groups in total. The van der Waals surface area contributed by atoms with E-state index in [1.807, 2.05) is 24.3 Å². The van der Waals surface area contributed by atoms with Crippen LogP contribution in [-0.2, 0) is 22.8 Å². The predicted octanol–water partition coefficient (Wildman–Crippen LogP) is 3.53. The van der Waals surface area contributed by atoms with Crippen molar-refractivity contribution in [2.24, 2.45) is 0 Å². The average Bonchev–Trinajstić information content (AvgIpc) is 3.24. The number of tetrazole rings is 1. The summed E-state index contributed by atoms with van der Waals surface area (Å²) in [5.41, 5.74) is 3.42.